The van der Waals surface area contributed by atoms with Crippen LogP contribution in [0.25, 0.3) is 0 Å². The molecule has 5 N–H and O–H groups in total. The number of aliphatic hydroxyl groups is 1. The third-order valence-corrected chi connectivity index (χ3v) is 2.29. The second kappa shape index (κ2) is 4.48. The van der Waals surface area contributed by atoms with Crippen LogP contribution in [0.1, 0.15) is 22.0 Å². The SMILES string of the molecule is N[C@@H](CO)c1c(Cl)ccc(C(=O)O)c1O. The fourth-order valence-electron chi connectivity index (χ4n) is 1.20. The molecular formula is C9H10ClNO4. The van der Waals surface area contributed by atoms with E-state index in [0.717, 1.165) is 0 Å². The summed E-state index contributed by atoms with van der Waals surface area (Å²) in [5, 5.41) is 27.3. The van der Waals surface area contributed by atoms with E-state index in [1.54, 1.807) is 0 Å². The minimum atomic E-state index is -1.28. The number of nitrogens with two attached hydrogens (primary N) is 1. The Kier molecular flexibility index (Phi) is 3.52. The largest absolute Gasteiger partial charge is 0.507 e. The van der Waals surface area contributed by atoms with Crippen LogP contribution in [0.4, 0.5) is 0 Å². The Morgan fingerprint density at radius 2 is 2.13 bits per heavy atom. The molecule has 0 aromatic heterocycles. The van der Waals surface area contributed by atoms with Crippen molar-refractivity contribution in [1.82, 2.24) is 0 Å². The molecule has 0 radical (unpaired) electrons. The second-order valence-corrected chi connectivity index (χ2v) is 3.36. The molecule has 15 heavy (non-hydrogen) atoms. The molecule has 0 aliphatic carbocycles. The summed E-state index contributed by atoms with van der Waals surface area (Å²) in [6, 6.07) is 1.58. The van der Waals surface area contributed by atoms with E-state index in [1.165, 1.54) is 12.1 Å². The van der Waals surface area contributed by atoms with E-state index in [0.29, 0.717) is 0 Å². The van der Waals surface area contributed by atoms with Crippen LogP contribution in [0.3, 0.4) is 0 Å². The zero-order chi connectivity index (χ0) is 11.6. The van der Waals surface area contributed by atoms with Crippen LogP contribution >= 0.6 is 11.6 Å². The third kappa shape index (κ3) is 2.20. The van der Waals surface area contributed by atoms with Crippen molar-refractivity contribution in [1.29, 1.82) is 0 Å². The van der Waals surface area contributed by atoms with Gasteiger partial charge < -0.3 is 21.1 Å². The predicted molar refractivity (Wildman–Crippen MR) is 54.1 cm³/mol. The van der Waals surface area contributed by atoms with Gasteiger partial charge in [-0.05, 0) is 12.1 Å². The summed E-state index contributed by atoms with van der Waals surface area (Å²) in [6.45, 7) is -0.434. The van der Waals surface area contributed by atoms with Crippen molar-refractivity contribution in [3.63, 3.8) is 0 Å². The second-order valence-electron chi connectivity index (χ2n) is 2.95. The van der Waals surface area contributed by atoms with Crippen molar-refractivity contribution in [3.8, 4) is 5.75 Å². The van der Waals surface area contributed by atoms with Gasteiger partial charge in [-0.3, -0.25) is 0 Å². The maximum absolute atomic E-state index is 10.7. The van der Waals surface area contributed by atoms with Gasteiger partial charge in [-0.25, -0.2) is 4.79 Å². The minimum Gasteiger partial charge on any atom is -0.507 e. The molecule has 0 saturated carbocycles. The van der Waals surface area contributed by atoms with E-state index in [9.17, 15) is 9.90 Å². The number of halogens is 1. The number of aromatic hydroxyl groups is 1. The van der Waals surface area contributed by atoms with Gasteiger partial charge in [-0.1, -0.05) is 11.6 Å². The first-order valence-corrected chi connectivity index (χ1v) is 4.48. The quantitative estimate of drug-likeness (QED) is 0.614. The van der Waals surface area contributed by atoms with E-state index < -0.39 is 24.4 Å². The van der Waals surface area contributed by atoms with Gasteiger partial charge >= 0.3 is 5.97 Å². The van der Waals surface area contributed by atoms with Crippen LogP contribution in [0, 0.1) is 0 Å². The molecule has 0 aliphatic heterocycles. The number of carboxylic acids is 1. The van der Waals surface area contributed by atoms with E-state index in [2.05, 4.69) is 0 Å². The average molecular weight is 232 g/mol. The van der Waals surface area contributed by atoms with E-state index in [1.807, 2.05) is 0 Å². The molecule has 0 spiro atoms. The van der Waals surface area contributed by atoms with Crippen molar-refractivity contribution in [3.05, 3.63) is 28.3 Å². The van der Waals surface area contributed by atoms with Gasteiger partial charge in [0.15, 0.2) is 0 Å². The highest BCUT2D eigenvalue weighted by Crippen LogP contribution is 2.33. The summed E-state index contributed by atoms with van der Waals surface area (Å²) in [5.74, 6) is -1.79. The summed E-state index contributed by atoms with van der Waals surface area (Å²) in [4.78, 5) is 10.7. The first-order valence-electron chi connectivity index (χ1n) is 4.10. The average Bonchev–Trinajstić information content (AvgIpc) is 2.16. The maximum Gasteiger partial charge on any atom is 0.339 e. The van der Waals surface area contributed by atoms with Gasteiger partial charge in [0.1, 0.15) is 11.3 Å². The third-order valence-electron chi connectivity index (χ3n) is 1.96. The Balaban J connectivity index is 3.36. The Morgan fingerprint density at radius 3 is 2.60 bits per heavy atom. The molecular weight excluding hydrogens is 222 g/mol. The summed E-state index contributed by atoms with van der Waals surface area (Å²) in [5.41, 5.74) is 5.23. The Bertz CT molecular complexity index is 394. The number of rotatable bonds is 3. The number of benzene rings is 1. The Hall–Kier alpha value is -1.30. The van der Waals surface area contributed by atoms with Crippen LogP contribution in [-0.4, -0.2) is 27.9 Å². The van der Waals surface area contributed by atoms with Crippen molar-refractivity contribution < 1.29 is 20.1 Å². The Labute approximate surface area is 90.7 Å². The van der Waals surface area contributed by atoms with Gasteiger partial charge in [0.2, 0.25) is 0 Å². The summed E-state index contributed by atoms with van der Waals surface area (Å²) >= 11 is 5.74. The number of phenols is 1. The van der Waals surface area contributed by atoms with Gasteiger partial charge in [-0.2, -0.15) is 0 Å². The topological polar surface area (TPSA) is 104 Å². The molecule has 0 unspecified atom stereocenters. The lowest BCUT2D eigenvalue weighted by Crippen LogP contribution is -2.16. The number of hydrogen-bond acceptors (Lipinski definition) is 4. The molecule has 0 saturated heterocycles. The fourth-order valence-corrected chi connectivity index (χ4v) is 1.49. The number of aliphatic hydroxyl groups excluding tert-OH is 1. The molecule has 5 nitrogen and oxygen atoms in total. The fraction of sp³-hybridized carbons (Fsp3) is 0.222. The highest BCUT2D eigenvalue weighted by Gasteiger charge is 2.20. The van der Waals surface area contributed by atoms with E-state index >= 15 is 0 Å². The molecule has 0 aliphatic rings. The normalized spacial score (nSPS) is 12.5. The monoisotopic (exact) mass is 231 g/mol. The molecule has 1 aromatic carbocycles. The van der Waals surface area contributed by atoms with Crippen LogP contribution < -0.4 is 5.73 Å². The number of carbonyl (C=O) groups is 1. The van der Waals surface area contributed by atoms with Crippen molar-refractivity contribution >= 4 is 17.6 Å². The van der Waals surface area contributed by atoms with Gasteiger partial charge in [-0.15, -0.1) is 0 Å². The Morgan fingerprint density at radius 1 is 1.53 bits per heavy atom. The van der Waals surface area contributed by atoms with Crippen LogP contribution in [0.5, 0.6) is 5.75 Å². The molecule has 0 heterocycles. The zero-order valence-electron chi connectivity index (χ0n) is 7.64. The molecule has 82 valence electrons. The number of carboxylic acid groups (broad SMARTS) is 1. The molecule has 0 amide bonds. The predicted octanol–water partition coefficient (Wildman–Crippen LogP) is 0.736. The smallest absolute Gasteiger partial charge is 0.339 e. The number of hydrogen-bond donors (Lipinski definition) is 4. The number of aromatic carboxylic acids is 1. The molecule has 1 aromatic rings. The van der Waals surface area contributed by atoms with Gasteiger partial charge in [0.05, 0.1) is 12.6 Å². The standard InChI is InChI=1S/C9H10ClNO4/c10-5-2-1-4(9(14)15)8(13)7(5)6(11)3-12/h1-2,6,12-13H,3,11H2,(H,14,15)/t6-/m0/s1. The molecule has 1 atom stereocenters. The van der Waals surface area contributed by atoms with Crippen LogP contribution in [0.15, 0.2) is 12.1 Å². The minimum absolute atomic E-state index is 0.0408. The van der Waals surface area contributed by atoms with Crippen LogP contribution in [-0.2, 0) is 0 Å². The first-order chi connectivity index (χ1) is 6.99. The molecule has 1 rings (SSSR count). The van der Waals surface area contributed by atoms with Crippen LogP contribution in [0.2, 0.25) is 5.02 Å². The molecule has 0 fully saturated rings. The summed E-state index contributed by atoms with van der Waals surface area (Å²) in [7, 11) is 0. The van der Waals surface area contributed by atoms with E-state index in [4.69, 9.17) is 27.5 Å². The lowest BCUT2D eigenvalue weighted by atomic mass is 10.0. The van der Waals surface area contributed by atoms with Crippen molar-refractivity contribution in [2.24, 2.45) is 5.73 Å². The zero-order valence-corrected chi connectivity index (χ0v) is 8.40. The summed E-state index contributed by atoms with van der Waals surface area (Å²) in [6.07, 6.45) is 0. The lowest BCUT2D eigenvalue weighted by molar-refractivity contribution is 0.0693. The highest BCUT2D eigenvalue weighted by atomic mass is 35.5. The maximum atomic E-state index is 10.7. The van der Waals surface area contributed by atoms with Crippen molar-refractivity contribution in [2.45, 2.75) is 6.04 Å². The molecule has 6 heteroatoms. The lowest BCUT2D eigenvalue weighted by Gasteiger charge is -2.14. The summed E-state index contributed by atoms with van der Waals surface area (Å²) < 4.78 is 0. The highest BCUT2D eigenvalue weighted by molar-refractivity contribution is 6.31. The van der Waals surface area contributed by atoms with Gasteiger partial charge in [0, 0.05) is 10.6 Å². The first kappa shape index (κ1) is 11.8. The molecule has 0 bridgehead atoms. The van der Waals surface area contributed by atoms with E-state index in [-0.39, 0.29) is 16.1 Å². The van der Waals surface area contributed by atoms with Crippen molar-refractivity contribution in [2.75, 3.05) is 6.61 Å². The van der Waals surface area contributed by atoms with Gasteiger partial charge in [0.25, 0.3) is 0 Å².